The van der Waals surface area contributed by atoms with E-state index < -0.39 is 11.6 Å². The number of benzene rings is 2. The number of hydrogen-bond donors (Lipinski definition) is 1. The molecule has 0 aliphatic rings. The van der Waals surface area contributed by atoms with Gasteiger partial charge in [-0.25, -0.2) is 13.8 Å². The summed E-state index contributed by atoms with van der Waals surface area (Å²) in [6.07, 6.45) is 0. The van der Waals surface area contributed by atoms with Crippen molar-refractivity contribution in [3.63, 3.8) is 0 Å². The Kier molecular flexibility index (Phi) is 6.43. The van der Waals surface area contributed by atoms with Crippen LogP contribution in [0.1, 0.15) is 29.9 Å². The smallest absolute Gasteiger partial charge is 0.270 e. The lowest BCUT2D eigenvalue weighted by atomic mass is 10.2. The molecule has 29 heavy (non-hydrogen) atoms. The molecule has 0 unspecified atom stereocenters. The van der Waals surface area contributed by atoms with Crippen molar-refractivity contribution in [3.8, 4) is 22.1 Å². The first-order chi connectivity index (χ1) is 13.9. The highest BCUT2D eigenvalue weighted by Crippen LogP contribution is 2.34. The third kappa shape index (κ3) is 4.89. The number of halogens is 2. The van der Waals surface area contributed by atoms with Crippen molar-refractivity contribution in [1.29, 1.82) is 0 Å². The minimum absolute atomic E-state index is 0.0171. The average Bonchev–Trinajstić information content (AvgIpc) is 3.17. The maximum absolute atomic E-state index is 13.8. The lowest BCUT2D eigenvalue weighted by Gasteiger charge is -2.12. The van der Waals surface area contributed by atoms with Gasteiger partial charge in [-0.15, -0.1) is 11.3 Å². The highest BCUT2D eigenvalue weighted by Gasteiger charge is 2.15. The van der Waals surface area contributed by atoms with Crippen LogP contribution in [0, 0.1) is 11.6 Å². The van der Waals surface area contributed by atoms with Crippen molar-refractivity contribution in [1.82, 2.24) is 10.3 Å². The molecule has 0 atom stereocenters. The van der Waals surface area contributed by atoms with E-state index in [-0.39, 0.29) is 24.1 Å². The first-order valence-corrected chi connectivity index (χ1v) is 9.77. The molecule has 152 valence electrons. The van der Waals surface area contributed by atoms with Crippen LogP contribution in [0.3, 0.4) is 0 Å². The van der Waals surface area contributed by atoms with E-state index in [2.05, 4.69) is 10.3 Å². The zero-order chi connectivity index (χ0) is 21.0. The molecular formula is C21H20F2N2O3S. The van der Waals surface area contributed by atoms with Gasteiger partial charge in [0.25, 0.3) is 5.91 Å². The van der Waals surface area contributed by atoms with E-state index in [4.69, 9.17) is 9.47 Å². The molecule has 1 amide bonds. The largest absolute Gasteiger partial charge is 0.493 e. The van der Waals surface area contributed by atoms with Gasteiger partial charge in [0.2, 0.25) is 0 Å². The van der Waals surface area contributed by atoms with Crippen LogP contribution in [0.15, 0.2) is 41.8 Å². The van der Waals surface area contributed by atoms with Gasteiger partial charge < -0.3 is 14.8 Å². The van der Waals surface area contributed by atoms with Crippen LogP contribution in [-0.2, 0) is 6.61 Å². The summed E-state index contributed by atoms with van der Waals surface area (Å²) < 4.78 is 38.5. The average molecular weight is 418 g/mol. The molecule has 0 saturated heterocycles. The number of rotatable bonds is 7. The standard InChI is InChI=1S/C21H20F2N2O3S/c1-12(2)24-20(26)17-11-29-21(25-17)13-7-8-18(19(9-13)27-3)28-10-14-15(22)5-4-6-16(14)23/h4-9,11-12H,10H2,1-3H3,(H,24,26). The Labute approximate surface area is 171 Å². The zero-order valence-corrected chi connectivity index (χ0v) is 17.0. The Morgan fingerprint density at radius 3 is 2.55 bits per heavy atom. The van der Waals surface area contributed by atoms with Crippen molar-refractivity contribution in [3.05, 3.63) is 64.7 Å². The molecule has 8 heteroatoms. The normalized spacial score (nSPS) is 10.8. The van der Waals surface area contributed by atoms with Gasteiger partial charge in [-0.3, -0.25) is 4.79 Å². The van der Waals surface area contributed by atoms with E-state index >= 15 is 0 Å². The number of nitrogens with one attached hydrogen (secondary N) is 1. The van der Waals surface area contributed by atoms with E-state index in [1.54, 1.807) is 23.6 Å². The molecule has 0 radical (unpaired) electrons. The van der Waals surface area contributed by atoms with Crippen molar-refractivity contribution in [2.75, 3.05) is 7.11 Å². The molecule has 0 saturated carbocycles. The van der Waals surface area contributed by atoms with Crippen LogP contribution in [0.25, 0.3) is 10.6 Å². The van der Waals surface area contributed by atoms with Gasteiger partial charge >= 0.3 is 0 Å². The minimum atomic E-state index is -0.671. The monoisotopic (exact) mass is 418 g/mol. The van der Waals surface area contributed by atoms with Crippen LogP contribution >= 0.6 is 11.3 Å². The zero-order valence-electron chi connectivity index (χ0n) is 16.2. The molecule has 3 aromatic rings. The van der Waals surface area contributed by atoms with Crippen LogP contribution in [0.4, 0.5) is 8.78 Å². The van der Waals surface area contributed by atoms with Crippen LogP contribution < -0.4 is 14.8 Å². The number of thiazole rings is 1. The maximum Gasteiger partial charge on any atom is 0.270 e. The van der Waals surface area contributed by atoms with Gasteiger partial charge in [0.15, 0.2) is 11.5 Å². The summed E-state index contributed by atoms with van der Waals surface area (Å²) in [5.74, 6) is -0.844. The third-order valence-electron chi connectivity index (χ3n) is 4.00. The number of amides is 1. The number of carbonyl (C=O) groups excluding carboxylic acids is 1. The summed E-state index contributed by atoms with van der Waals surface area (Å²) in [6, 6.07) is 8.77. The molecule has 0 fully saturated rings. The number of ether oxygens (including phenoxy) is 2. The highest BCUT2D eigenvalue weighted by molar-refractivity contribution is 7.13. The van der Waals surface area contributed by atoms with Crippen molar-refractivity contribution >= 4 is 17.2 Å². The SMILES string of the molecule is COc1cc(-c2nc(C(=O)NC(C)C)cs2)ccc1OCc1c(F)cccc1F. The van der Waals surface area contributed by atoms with E-state index in [1.165, 1.54) is 36.6 Å². The number of methoxy groups -OCH3 is 1. The summed E-state index contributed by atoms with van der Waals surface area (Å²) in [7, 11) is 1.47. The number of carbonyl (C=O) groups is 1. The fraction of sp³-hybridized carbons (Fsp3) is 0.238. The molecular weight excluding hydrogens is 398 g/mol. The van der Waals surface area contributed by atoms with Crippen molar-refractivity contribution in [2.24, 2.45) is 0 Å². The molecule has 1 aromatic heterocycles. The molecule has 0 bridgehead atoms. The third-order valence-corrected chi connectivity index (χ3v) is 4.89. The second kappa shape index (κ2) is 9.00. The van der Waals surface area contributed by atoms with E-state index in [0.29, 0.717) is 22.2 Å². The van der Waals surface area contributed by atoms with Gasteiger partial charge in [0.05, 0.1) is 12.7 Å². The number of aromatic nitrogens is 1. The van der Waals surface area contributed by atoms with Crippen LogP contribution in [0.5, 0.6) is 11.5 Å². The second-order valence-electron chi connectivity index (χ2n) is 6.52. The van der Waals surface area contributed by atoms with Gasteiger partial charge in [-0.1, -0.05) is 6.07 Å². The van der Waals surface area contributed by atoms with E-state index in [0.717, 1.165) is 5.56 Å². The molecule has 1 N–H and O–H groups in total. The molecule has 0 aliphatic carbocycles. The Bertz CT molecular complexity index is 1000. The van der Waals surface area contributed by atoms with Crippen molar-refractivity contribution < 1.29 is 23.0 Å². The molecule has 3 rings (SSSR count). The highest BCUT2D eigenvalue weighted by atomic mass is 32.1. The summed E-state index contributed by atoms with van der Waals surface area (Å²) in [4.78, 5) is 16.4. The Morgan fingerprint density at radius 2 is 1.90 bits per heavy atom. The Hall–Kier alpha value is -3.00. The first-order valence-electron chi connectivity index (χ1n) is 8.89. The summed E-state index contributed by atoms with van der Waals surface area (Å²) in [5.41, 5.74) is 0.923. The minimum Gasteiger partial charge on any atom is -0.493 e. The van der Waals surface area contributed by atoms with E-state index in [1.807, 2.05) is 13.8 Å². The predicted octanol–water partition coefficient (Wildman–Crippen LogP) is 4.81. The Balaban J connectivity index is 1.79. The topological polar surface area (TPSA) is 60.5 Å². The predicted molar refractivity (Wildman–Crippen MR) is 107 cm³/mol. The van der Waals surface area contributed by atoms with Crippen LogP contribution in [0.2, 0.25) is 0 Å². The molecule has 2 aromatic carbocycles. The summed E-state index contributed by atoms with van der Waals surface area (Å²) >= 11 is 1.33. The summed E-state index contributed by atoms with van der Waals surface area (Å²) in [6.45, 7) is 3.48. The van der Waals surface area contributed by atoms with Gasteiger partial charge in [0.1, 0.15) is 28.9 Å². The lowest BCUT2D eigenvalue weighted by molar-refractivity contribution is 0.0939. The Morgan fingerprint density at radius 1 is 1.17 bits per heavy atom. The fourth-order valence-corrected chi connectivity index (χ4v) is 3.38. The maximum atomic E-state index is 13.8. The fourth-order valence-electron chi connectivity index (χ4n) is 2.59. The quantitative estimate of drug-likeness (QED) is 0.598. The van der Waals surface area contributed by atoms with E-state index in [9.17, 15) is 13.6 Å². The number of nitrogens with zero attached hydrogens (tertiary/aromatic N) is 1. The van der Waals surface area contributed by atoms with Crippen LogP contribution in [-0.4, -0.2) is 24.0 Å². The molecule has 0 aliphatic heterocycles. The lowest BCUT2D eigenvalue weighted by Crippen LogP contribution is -2.30. The summed E-state index contributed by atoms with van der Waals surface area (Å²) in [5, 5.41) is 5.12. The van der Waals surface area contributed by atoms with Gasteiger partial charge in [0, 0.05) is 17.0 Å². The molecule has 5 nitrogen and oxygen atoms in total. The van der Waals surface area contributed by atoms with Gasteiger partial charge in [-0.2, -0.15) is 0 Å². The van der Waals surface area contributed by atoms with Crippen molar-refractivity contribution in [2.45, 2.75) is 26.5 Å². The molecule has 1 heterocycles. The first kappa shape index (κ1) is 20.7. The molecule has 0 spiro atoms. The second-order valence-corrected chi connectivity index (χ2v) is 7.38. The number of hydrogen-bond acceptors (Lipinski definition) is 5. The van der Waals surface area contributed by atoms with Gasteiger partial charge in [-0.05, 0) is 44.2 Å².